The minimum Gasteiger partial charge on any atom is -0.397 e. The first-order chi connectivity index (χ1) is 8.47. The number of hydrogen-bond acceptors (Lipinski definition) is 4. The van der Waals surface area contributed by atoms with Gasteiger partial charge in [-0.05, 0) is 35.6 Å². The van der Waals surface area contributed by atoms with E-state index in [1.807, 2.05) is 46.8 Å². The Kier molecular flexibility index (Phi) is 4.06. The van der Waals surface area contributed by atoms with E-state index in [-0.39, 0.29) is 5.82 Å². The Morgan fingerprint density at radius 1 is 1.50 bits per heavy atom. The van der Waals surface area contributed by atoms with Gasteiger partial charge >= 0.3 is 0 Å². The largest absolute Gasteiger partial charge is 0.397 e. The van der Waals surface area contributed by atoms with Crippen LogP contribution in [0, 0.1) is 16.3 Å². The Morgan fingerprint density at radius 2 is 2.22 bits per heavy atom. The van der Waals surface area contributed by atoms with E-state index in [0.29, 0.717) is 21.5 Å². The lowest BCUT2D eigenvalue weighted by Crippen LogP contribution is -2.18. The van der Waals surface area contributed by atoms with Gasteiger partial charge in [-0.15, -0.1) is 11.3 Å². The number of rotatable bonds is 3. The van der Waals surface area contributed by atoms with Gasteiger partial charge in [-0.3, -0.25) is 0 Å². The third-order valence-electron chi connectivity index (χ3n) is 2.55. The molecule has 1 heterocycles. The highest BCUT2D eigenvalue weighted by Crippen LogP contribution is 2.27. The number of nitrogens with two attached hydrogens (primary N) is 1. The average molecular weight is 377 g/mol. The van der Waals surface area contributed by atoms with E-state index >= 15 is 0 Å². The molecule has 0 radical (unpaired) electrons. The van der Waals surface area contributed by atoms with Crippen LogP contribution in [-0.2, 0) is 6.54 Å². The van der Waals surface area contributed by atoms with Crippen LogP contribution in [0.5, 0.6) is 0 Å². The van der Waals surface area contributed by atoms with Gasteiger partial charge in [0.1, 0.15) is 5.82 Å². The van der Waals surface area contributed by atoms with Crippen LogP contribution in [0.4, 0.5) is 15.8 Å². The van der Waals surface area contributed by atoms with Crippen molar-refractivity contribution in [3.63, 3.8) is 0 Å². The predicted molar refractivity (Wildman–Crippen MR) is 82.5 cm³/mol. The fraction of sp³-hybridized carbons (Fsp3) is 0.250. The molecule has 0 unspecified atom stereocenters. The number of aromatic nitrogens is 1. The number of thiazole rings is 1. The van der Waals surface area contributed by atoms with E-state index in [1.165, 1.54) is 6.07 Å². The Labute approximate surface area is 123 Å². The van der Waals surface area contributed by atoms with E-state index in [9.17, 15) is 4.39 Å². The summed E-state index contributed by atoms with van der Waals surface area (Å²) >= 11 is 3.54. The topological polar surface area (TPSA) is 42.2 Å². The second-order valence-corrected chi connectivity index (χ2v) is 6.26. The molecule has 0 bridgehead atoms. The minimum atomic E-state index is -0.249. The van der Waals surface area contributed by atoms with Crippen molar-refractivity contribution in [3.8, 4) is 0 Å². The second-order valence-electron chi connectivity index (χ2n) is 4.04. The van der Waals surface area contributed by atoms with Gasteiger partial charge < -0.3 is 10.6 Å². The van der Waals surface area contributed by atoms with Crippen LogP contribution < -0.4 is 10.6 Å². The lowest BCUT2D eigenvalue weighted by Gasteiger charge is -2.20. The number of halogens is 2. The maximum atomic E-state index is 13.6. The summed E-state index contributed by atoms with van der Waals surface area (Å²) in [4.78, 5) is 6.29. The molecule has 3 nitrogen and oxygen atoms in total. The molecule has 0 aliphatic carbocycles. The normalized spacial score (nSPS) is 10.7. The van der Waals surface area contributed by atoms with Crippen molar-refractivity contribution in [1.29, 1.82) is 0 Å². The quantitative estimate of drug-likeness (QED) is 0.659. The molecule has 0 amide bonds. The molecule has 96 valence electrons. The number of aryl methyl sites for hydroxylation is 1. The molecule has 0 atom stereocenters. The van der Waals surface area contributed by atoms with Gasteiger partial charge in [0, 0.05) is 18.5 Å². The monoisotopic (exact) mass is 377 g/mol. The molecule has 2 rings (SSSR count). The first-order valence-electron chi connectivity index (χ1n) is 5.34. The van der Waals surface area contributed by atoms with Crippen molar-refractivity contribution >= 4 is 45.3 Å². The molecular weight excluding hydrogens is 364 g/mol. The Hall–Kier alpha value is -0.890. The van der Waals surface area contributed by atoms with Crippen LogP contribution in [-0.4, -0.2) is 12.0 Å². The highest BCUT2D eigenvalue weighted by molar-refractivity contribution is 14.1. The molecule has 2 aromatic rings. The molecule has 0 aliphatic rings. The average Bonchev–Trinajstić information content (AvgIpc) is 2.69. The third-order valence-corrected chi connectivity index (χ3v) is 4.20. The summed E-state index contributed by atoms with van der Waals surface area (Å²) in [6.45, 7) is 2.58. The van der Waals surface area contributed by atoms with Crippen LogP contribution in [0.25, 0.3) is 0 Å². The lowest BCUT2D eigenvalue weighted by molar-refractivity contribution is 0.620. The maximum Gasteiger partial charge on any atom is 0.138 e. The van der Waals surface area contributed by atoms with Crippen molar-refractivity contribution in [1.82, 2.24) is 4.98 Å². The standard InChI is InChI=1S/C12H13FIN3S/c1-7-16-8(6-18-7)5-17(2)12-3-9(13)10(14)4-11(12)15/h3-4,6H,5,15H2,1-2H3. The highest BCUT2D eigenvalue weighted by Gasteiger charge is 2.11. The first kappa shape index (κ1) is 13.5. The summed E-state index contributed by atoms with van der Waals surface area (Å²) < 4.78 is 14.1. The van der Waals surface area contributed by atoms with Crippen molar-refractivity contribution < 1.29 is 4.39 Å². The molecule has 0 fully saturated rings. The smallest absolute Gasteiger partial charge is 0.138 e. The van der Waals surface area contributed by atoms with Gasteiger partial charge in [0.2, 0.25) is 0 Å². The fourth-order valence-electron chi connectivity index (χ4n) is 1.69. The molecule has 1 aromatic heterocycles. The molecular formula is C12H13FIN3S. The number of nitrogen functional groups attached to an aromatic ring is 1. The zero-order chi connectivity index (χ0) is 13.3. The first-order valence-corrected chi connectivity index (χ1v) is 7.30. The van der Waals surface area contributed by atoms with E-state index in [1.54, 1.807) is 17.4 Å². The van der Waals surface area contributed by atoms with Gasteiger partial charge in [0.15, 0.2) is 0 Å². The molecule has 0 spiro atoms. The molecule has 1 aromatic carbocycles. The van der Waals surface area contributed by atoms with Gasteiger partial charge in [-0.1, -0.05) is 0 Å². The molecule has 0 saturated heterocycles. The number of benzene rings is 1. The number of hydrogen-bond donors (Lipinski definition) is 1. The van der Waals surface area contributed by atoms with Gasteiger partial charge in [-0.25, -0.2) is 9.37 Å². The zero-order valence-corrected chi connectivity index (χ0v) is 13.0. The molecule has 18 heavy (non-hydrogen) atoms. The Morgan fingerprint density at radius 3 is 2.83 bits per heavy atom. The predicted octanol–water partition coefficient (Wildman–Crippen LogP) is 3.41. The van der Waals surface area contributed by atoms with Crippen LogP contribution in [0.2, 0.25) is 0 Å². The van der Waals surface area contributed by atoms with E-state index in [0.717, 1.165) is 10.7 Å². The summed E-state index contributed by atoms with van der Waals surface area (Å²) in [6.07, 6.45) is 0. The van der Waals surface area contributed by atoms with Gasteiger partial charge in [0.05, 0.1) is 32.2 Å². The zero-order valence-electron chi connectivity index (χ0n) is 10.1. The minimum absolute atomic E-state index is 0.249. The summed E-state index contributed by atoms with van der Waals surface area (Å²) in [7, 11) is 1.88. The highest BCUT2D eigenvalue weighted by atomic mass is 127. The van der Waals surface area contributed by atoms with Gasteiger partial charge in [0.25, 0.3) is 0 Å². The molecule has 2 N–H and O–H groups in total. The summed E-state index contributed by atoms with van der Waals surface area (Å²) in [5, 5.41) is 3.03. The molecule has 0 saturated carbocycles. The maximum absolute atomic E-state index is 13.6. The van der Waals surface area contributed by atoms with Crippen molar-refractivity contribution in [3.05, 3.63) is 37.6 Å². The summed E-state index contributed by atoms with van der Waals surface area (Å²) in [5.74, 6) is -0.249. The van der Waals surface area contributed by atoms with Crippen molar-refractivity contribution in [2.75, 3.05) is 17.7 Å². The van der Waals surface area contributed by atoms with E-state index in [4.69, 9.17) is 5.73 Å². The lowest BCUT2D eigenvalue weighted by atomic mass is 10.2. The third kappa shape index (κ3) is 2.92. The van der Waals surface area contributed by atoms with Crippen LogP contribution >= 0.6 is 33.9 Å². The summed E-state index contributed by atoms with van der Waals surface area (Å²) in [6, 6.07) is 3.12. The van der Waals surface area contributed by atoms with Crippen molar-refractivity contribution in [2.24, 2.45) is 0 Å². The molecule has 0 aliphatic heterocycles. The molecule has 6 heteroatoms. The Bertz CT molecular complexity index is 570. The fourth-order valence-corrected chi connectivity index (χ4v) is 2.79. The Balaban J connectivity index is 2.23. The van der Waals surface area contributed by atoms with E-state index < -0.39 is 0 Å². The van der Waals surface area contributed by atoms with Crippen molar-refractivity contribution in [2.45, 2.75) is 13.5 Å². The van der Waals surface area contributed by atoms with Gasteiger partial charge in [-0.2, -0.15) is 0 Å². The van der Waals surface area contributed by atoms with E-state index in [2.05, 4.69) is 4.98 Å². The van der Waals surface area contributed by atoms with Crippen LogP contribution in [0.3, 0.4) is 0 Å². The van der Waals surface area contributed by atoms with Crippen LogP contribution in [0.15, 0.2) is 17.5 Å². The number of nitrogens with zero attached hydrogens (tertiary/aromatic N) is 2. The van der Waals surface area contributed by atoms with Crippen LogP contribution in [0.1, 0.15) is 10.7 Å². The second kappa shape index (κ2) is 5.40. The number of anilines is 2. The summed E-state index contributed by atoms with van der Waals surface area (Å²) in [5.41, 5.74) is 8.16. The SMILES string of the molecule is Cc1nc(CN(C)c2cc(F)c(I)cc2N)cs1.